The van der Waals surface area contributed by atoms with Gasteiger partial charge in [-0.3, -0.25) is 0 Å². The number of benzene rings is 1. The van der Waals surface area contributed by atoms with Crippen molar-refractivity contribution in [3.05, 3.63) is 35.6 Å². The van der Waals surface area contributed by atoms with Gasteiger partial charge in [-0.2, -0.15) is 12.6 Å². The summed E-state index contributed by atoms with van der Waals surface area (Å²) in [5.74, 6) is 1.40. The molecule has 0 aliphatic carbocycles. The van der Waals surface area contributed by atoms with E-state index in [1.165, 1.54) is 69.8 Å². The first-order valence-electron chi connectivity index (χ1n) is 9.11. The summed E-state index contributed by atoms with van der Waals surface area (Å²) in [6.07, 6.45) is 14.7. The first kappa shape index (κ1) is 19.5. The van der Waals surface area contributed by atoms with Crippen molar-refractivity contribution in [2.24, 2.45) is 5.92 Å². The van der Waals surface area contributed by atoms with Crippen LogP contribution in [0.25, 0.3) is 0 Å². The molecule has 0 amide bonds. The molecule has 0 nitrogen and oxygen atoms in total. The summed E-state index contributed by atoms with van der Waals surface area (Å²) in [4.78, 5) is 0. The zero-order valence-electron chi connectivity index (χ0n) is 14.2. The lowest BCUT2D eigenvalue weighted by Gasteiger charge is -2.14. The van der Waals surface area contributed by atoms with Gasteiger partial charge in [0.05, 0.1) is 0 Å². The Labute approximate surface area is 142 Å². The normalized spacial score (nSPS) is 12.5. The third-order valence-corrected chi connectivity index (χ3v) is 4.93. The van der Waals surface area contributed by atoms with Gasteiger partial charge in [0.1, 0.15) is 5.82 Å². The molecule has 1 atom stereocenters. The summed E-state index contributed by atoms with van der Waals surface area (Å²) in [5, 5.41) is 0. The molecule has 0 fully saturated rings. The van der Waals surface area contributed by atoms with Crippen LogP contribution in [-0.4, -0.2) is 5.75 Å². The van der Waals surface area contributed by atoms with E-state index in [0.29, 0.717) is 5.92 Å². The Morgan fingerprint density at radius 1 is 0.864 bits per heavy atom. The van der Waals surface area contributed by atoms with Crippen molar-refractivity contribution in [1.82, 2.24) is 0 Å². The van der Waals surface area contributed by atoms with Crippen LogP contribution in [0.5, 0.6) is 0 Å². The molecule has 0 bridgehead atoms. The predicted molar refractivity (Wildman–Crippen MR) is 99.3 cm³/mol. The van der Waals surface area contributed by atoms with E-state index in [9.17, 15) is 4.39 Å². The maximum Gasteiger partial charge on any atom is 0.123 e. The summed E-state index contributed by atoms with van der Waals surface area (Å²) < 4.78 is 12.9. The Balaban J connectivity index is 2.05. The number of hydrogen-bond acceptors (Lipinski definition) is 1. The maximum absolute atomic E-state index is 12.9. The van der Waals surface area contributed by atoms with Gasteiger partial charge in [0.25, 0.3) is 0 Å². The smallest absolute Gasteiger partial charge is 0.123 e. The second kappa shape index (κ2) is 13.0. The highest BCUT2D eigenvalue weighted by Crippen LogP contribution is 2.19. The molecule has 0 aliphatic rings. The summed E-state index contributed by atoms with van der Waals surface area (Å²) in [7, 11) is 0. The molecule has 1 aromatic rings. The molecule has 0 heterocycles. The number of thiol groups is 1. The van der Waals surface area contributed by atoms with Crippen molar-refractivity contribution < 1.29 is 4.39 Å². The first-order chi connectivity index (χ1) is 10.8. The number of hydrogen-bond donors (Lipinski definition) is 1. The van der Waals surface area contributed by atoms with Crippen molar-refractivity contribution in [1.29, 1.82) is 0 Å². The van der Waals surface area contributed by atoms with Crippen molar-refractivity contribution in [3.8, 4) is 0 Å². The SMILES string of the molecule is CCCCCCCCCCCC(CS)Cc1ccc(F)cc1. The molecule has 1 unspecified atom stereocenters. The van der Waals surface area contributed by atoms with Crippen molar-refractivity contribution >= 4 is 12.6 Å². The molecular weight excluding hydrogens is 291 g/mol. The highest BCUT2D eigenvalue weighted by Gasteiger charge is 2.08. The standard InChI is InChI=1S/C20H33FS/c1-2-3-4-5-6-7-8-9-10-11-19(17-22)16-18-12-14-20(21)15-13-18/h12-15,19,22H,2-11,16-17H2,1H3. The van der Waals surface area contributed by atoms with E-state index in [0.717, 1.165) is 12.2 Å². The zero-order valence-corrected chi connectivity index (χ0v) is 15.1. The minimum atomic E-state index is -0.148. The lowest BCUT2D eigenvalue weighted by molar-refractivity contribution is 0.484. The Morgan fingerprint density at radius 3 is 1.95 bits per heavy atom. The maximum atomic E-state index is 12.9. The molecule has 0 aromatic heterocycles. The van der Waals surface area contributed by atoms with Gasteiger partial charge in [0.2, 0.25) is 0 Å². The summed E-state index contributed by atoms with van der Waals surface area (Å²) in [5.41, 5.74) is 1.23. The molecule has 1 aromatic carbocycles. The second-order valence-corrected chi connectivity index (χ2v) is 6.86. The number of unbranched alkanes of at least 4 members (excludes halogenated alkanes) is 8. The highest BCUT2D eigenvalue weighted by atomic mass is 32.1. The zero-order chi connectivity index (χ0) is 16.0. The van der Waals surface area contributed by atoms with Crippen LogP contribution >= 0.6 is 12.6 Å². The largest absolute Gasteiger partial charge is 0.207 e. The van der Waals surface area contributed by atoms with E-state index in [1.807, 2.05) is 12.1 Å². The van der Waals surface area contributed by atoms with E-state index in [1.54, 1.807) is 12.1 Å². The molecular formula is C20H33FS. The third-order valence-electron chi connectivity index (χ3n) is 4.41. The van der Waals surface area contributed by atoms with Crippen LogP contribution in [0.4, 0.5) is 4.39 Å². The first-order valence-corrected chi connectivity index (χ1v) is 9.74. The molecule has 0 N–H and O–H groups in total. The molecule has 0 saturated heterocycles. The van der Waals surface area contributed by atoms with Crippen LogP contribution in [0.1, 0.15) is 76.7 Å². The minimum absolute atomic E-state index is 0.148. The fourth-order valence-corrected chi connectivity index (χ4v) is 3.27. The Morgan fingerprint density at radius 2 is 1.41 bits per heavy atom. The number of halogens is 1. The summed E-state index contributed by atoms with van der Waals surface area (Å²) >= 11 is 4.48. The Kier molecular flexibility index (Phi) is 11.5. The van der Waals surface area contributed by atoms with Gasteiger partial charge >= 0.3 is 0 Å². The van der Waals surface area contributed by atoms with Gasteiger partial charge in [-0.25, -0.2) is 4.39 Å². The van der Waals surface area contributed by atoms with E-state index in [-0.39, 0.29) is 5.82 Å². The van der Waals surface area contributed by atoms with E-state index in [4.69, 9.17) is 0 Å². The summed E-state index contributed by atoms with van der Waals surface area (Å²) in [6, 6.07) is 6.93. The van der Waals surface area contributed by atoms with Gasteiger partial charge in [-0.15, -0.1) is 0 Å². The minimum Gasteiger partial charge on any atom is -0.207 e. The topological polar surface area (TPSA) is 0 Å². The Bertz CT molecular complexity index is 360. The van der Waals surface area contributed by atoms with Crippen molar-refractivity contribution in [2.75, 3.05) is 5.75 Å². The average Bonchev–Trinajstić information content (AvgIpc) is 2.54. The molecule has 0 saturated carbocycles. The van der Waals surface area contributed by atoms with Gasteiger partial charge in [-0.05, 0) is 42.2 Å². The molecule has 1 rings (SSSR count). The quantitative estimate of drug-likeness (QED) is 0.298. The molecule has 0 spiro atoms. The van der Waals surface area contributed by atoms with Crippen LogP contribution in [0.15, 0.2) is 24.3 Å². The highest BCUT2D eigenvalue weighted by molar-refractivity contribution is 7.80. The predicted octanol–water partition coefficient (Wildman–Crippen LogP) is 6.84. The van der Waals surface area contributed by atoms with E-state index < -0.39 is 0 Å². The van der Waals surface area contributed by atoms with Crippen molar-refractivity contribution in [2.45, 2.75) is 77.6 Å². The van der Waals surface area contributed by atoms with Crippen LogP contribution in [0.2, 0.25) is 0 Å². The molecule has 2 heteroatoms. The van der Waals surface area contributed by atoms with Gasteiger partial charge in [0, 0.05) is 0 Å². The van der Waals surface area contributed by atoms with Gasteiger partial charge in [0.15, 0.2) is 0 Å². The van der Waals surface area contributed by atoms with Gasteiger partial charge < -0.3 is 0 Å². The van der Waals surface area contributed by atoms with E-state index >= 15 is 0 Å². The van der Waals surface area contributed by atoms with E-state index in [2.05, 4.69) is 19.6 Å². The molecule has 22 heavy (non-hydrogen) atoms. The van der Waals surface area contributed by atoms with Crippen molar-refractivity contribution in [3.63, 3.8) is 0 Å². The summed E-state index contributed by atoms with van der Waals surface area (Å²) in [6.45, 7) is 2.27. The van der Waals surface area contributed by atoms with Crippen LogP contribution in [0, 0.1) is 11.7 Å². The lowest BCUT2D eigenvalue weighted by Crippen LogP contribution is -2.06. The monoisotopic (exact) mass is 324 g/mol. The molecule has 0 aliphatic heterocycles. The lowest BCUT2D eigenvalue weighted by atomic mass is 9.95. The van der Waals surface area contributed by atoms with Crippen LogP contribution in [-0.2, 0) is 6.42 Å². The fourth-order valence-electron chi connectivity index (χ4n) is 2.96. The third kappa shape index (κ3) is 9.50. The molecule has 0 radical (unpaired) electrons. The van der Waals surface area contributed by atoms with Crippen LogP contribution < -0.4 is 0 Å². The van der Waals surface area contributed by atoms with Crippen LogP contribution in [0.3, 0.4) is 0 Å². The number of rotatable bonds is 13. The molecule has 126 valence electrons. The Hall–Kier alpha value is -0.500. The second-order valence-electron chi connectivity index (χ2n) is 6.50. The average molecular weight is 325 g/mol. The van der Waals surface area contributed by atoms with Gasteiger partial charge in [-0.1, -0.05) is 76.8 Å². The fraction of sp³-hybridized carbons (Fsp3) is 0.700.